The average Bonchev–Trinajstić information content (AvgIpc) is 2.51. The van der Waals surface area contributed by atoms with Crippen LogP contribution in [0.3, 0.4) is 0 Å². The van der Waals surface area contributed by atoms with Gasteiger partial charge < -0.3 is 4.74 Å². The van der Waals surface area contributed by atoms with E-state index in [1.807, 2.05) is 0 Å². The average molecular weight is 114 g/mol. The molecule has 1 fully saturated rings. The molecule has 1 aliphatic heterocycles. The largest absolute Gasteiger partial charge is 0.373 e. The Morgan fingerprint density at radius 2 is 2.25 bits per heavy atom. The molecule has 0 saturated carbocycles. The van der Waals surface area contributed by atoms with Crippen LogP contribution < -0.4 is 0 Å². The lowest BCUT2D eigenvalue weighted by molar-refractivity contribution is 0.389. The molecule has 1 rings (SSSR count). The summed E-state index contributed by atoms with van der Waals surface area (Å²) in [5, 5.41) is 0. The van der Waals surface area contributed by atoms with E-state index in [4.69, 9.17) is 4.74 Å². The first-order valence-corrected chi connectivity index (χ1v) is 3.55. The van der Waals surface area contributed by atoms with Crippen LogP contribution in [0, 0.1) is 0 Å². The van der Waals surface area contributed by atoms with Crippen molar-refractivity contribution in [3.63, 3.8) is 0 Å². The molecule has 1 heterocycles. The molecule has 1 nitrogen and oxygen atoms in total. The number of epoxide rings is 1. The molecule has 1 saturated heterocycles. The van der Waals surface area contributed by atoms with Gasteiger partial charge in [0.25, 0.3) is 0 Å². The van der Waals surface area contributed by atoms with Gasteiger partial charge in [-0.2, -0.15) is 0 Å². The van der Waals surface area contributed by atoms with E-state index < -0.39 is 0 Å². The maximum atomic E-state index is 5.06. The minimum atomic E-state index is 0.654. The Morgan fingerprint density at radius 1 is 1.50 bits per heavy atom. The quantitative estimate of drug-likeness (QED) is 0.402. The molecule has 8 heavy (non-hydrogen) atoms. The Balaban J connectivity index is 1.74. The fraction of sp³-hybridized carbons (Fsp3) is 1.00. The summed E-state index contributed by atoms with van der Waals surface area (Å²) in [4.78, 5) is 0. The summed E-state index contributed by atoms with van der Waals surface area (Å²) in [5.74, 6) is 0. The van der Waals surface area contributed by atoms with E-state index in [0.29, 0.717) is 6.10 Å². The van der Waals surface area contributed by atoms with Crippen LogP contribution in [-0.2, 0) is 4.74 Å². The lowest BCUT2D eigenvalue weighted by atomic mass is 10.2. The van der Waals surface area contributed by atoms with Gasteiger partial charge in [-0.05, 0) is 6.42 Å². The molecule has 0 aliphatic carbocycles. The van der Waals surface area contributed by atoms with E-state index in [1.54, 1.807) is 0 Å². The molecule has 0 radical (unpaired) electrons. The van der Waals surface area contributed by atoms with E-state index in [9.17, 15) is 0 Å². The second kappa shape index (κ2) is 3.08. The number of ether oxygens (including phenoxy) is 1. The molecule has 1 atom stereocenters. The molecule has 0 spiro atoms. The zero-order chi connectivity index (χ0) is 5.82. The summed E-state index contributed by atoms with van der Waals surface area (Å²) in [5.41, 5.74) is 0. The van der Waals surface area contributed by atoms with E-state index in [0.717, 1.165) is 6.61 Å². The molecule has 0 N–H and O–H groups in total. The van der Waals surface area contributed by atoms with E-state index in [1.165, 1.54) is 25.7 Å². The van der Waals surface area contributed by atoms with Gasteiger partial charge in [0.1, 0.15) is 0 Å². The SMILES string of the molecule is CCCCC[C@H]1CO1. The maximum absolute atomic E-state index is 5.06. The van der Waals surface area contributed by atoms with E-state index in [-0.39, 0.29) is 0 Å². The van der Waals surface area contributed by atoms with Crippen LogP contribution in [0.25, 0.3) is 0 Å². The third kappa shape index (κ3) is 2.31. The maximum Gasteiger partial charge on any atom is 0.0810 e. The fourth-order valence-corrected chi connectivity index (χ4v) is 0.857. The summed E-state index contributed by atoms with van der Waals surface area (Å²) in [6, 6.07) is 0. The van der Waals surface area contributed by atoms with Gasteiger partial charge in [0.05, 0.1) is 12.7 Å². The van der Waals surface area contributed by atoms with Gasteiger partial charge in [0.2, 0.25) is 0 Å². The second-order valence-electron chi connectivity index (χ2n) is 2.45. The molecule has 1 aliphatic rings. The zero-order valence-electron chi connectivity index (χ0n) is 5.52. The minimum absolute atomic E-state index is 0.654. The van der Waals surface area contributed by atoms with Crippen LogP contribution in [0.4, 0.5) is 0 Å². The van der Waals surface area contributed by atoms with Gasteiger partial charge in [-0.1, -0.05) is 26.2 Å². The highest BCUT2D eigenvalue weighted by atomic mass is 16.6. The van der Waals surface area contributed by atoms with Crippen molar-refractivity contribution in [3.05, 3.63) is 0 Å². The van der Waals surface area contributed by atoms with Crippen LogP contribution in [0.2, 0.25) is 0 Å². The molecule has 1 heteroatoms. The smallest absolute Gasteiger partial charge is 0.0810 e. The number of unbranched alkanes of at least 4 members (excludes halogenated alkanes) is 2. The van der Waals surface area contributed by atoms with Gasteiger partial charge in [-0.3, -0.25) is 0 Å². The van der Waals surface area contributed by atoms with Crippen molar-refractivity contribution >= 4 is 0 Å². The highest BCUT2D eigenvalue weighted by Crippen LogP contribution is 2.16. The Hall–Kier alpha value is -0.0400. The Morgan fingerprint density at radius 3 is 2.75 bits per heavy atom. The van der Waals surface area contributed by atoms with Gasteiger partial charge in [0.15, 0.2) is 0 Å². The van der Waals surface area contributed by atoms with Gasteiger partial charge in [-0.15, -0.1) is 0 Å². The molecule has 0 amide bonds. The minimum Gasteiger partial charge on any atom is -0.373 e. The van der Waals surface area contributed by atoms with Crippen molar-refractivity contribution in [2.24, 2.45) is 0 Å². The third-order valence-corrected chi connectivity index (χ3v) is 1.53. The molecular weight excluding hydrogens is 100 g/mol. The van der Waals surface area contributed by atoms with Crippen LogP contribution in [0.1, 0.15) is 32.6 Å². The first kappa shape index (κ1) is 6.09. The first-order valence-electron chi connectivity index (χ1n) is 3.55. The molecule has 0 unspecified atom stereocenters. The number of rotatable bonds is 4. The fourth-order valence-electron chi connectivity index (χ4n) is 0.857. The number of hydrogen-bond acceptors (Lipinski definition) is 1. The summed E-state index contributed by atoms with van der Waals surface area (Å²) < 4.78 is 5.06. The molecule has 0 aromatic heterocycles. The van der Waals surface area contributed by atoms with E-state index >= 15 is 0 Å². The highest BCUT2D eigenvalue weighted by Gasteiger charge is 2.20. The topological polar surface area (TPSA) is 12.5 Å². The third-order valence-electron chi connectivity index (χ3n) is 1.53. The predicted octanol–water partition coefficient (Wildman–Crippen LogP) is 1.97. The van der Waals surface area contributed by atoms with Crippen molar-refractivity contribution in [1.82, 2.24) is 0 Å². The lowest BCUT2D eigenvalue weighted by Gasteiger charge is -1.90. The van der Waals surface area contributed by atoms with Gasteiger partial charge in [0, 0.05) is 0 Å². The summed E-state index contributed by atoms with van der Waals surface area (Å²) >= 11 is 0. The number of hydrogen-bond donors (Lipinski definition) is 0. The Kier molecular flexibility index (Phi) is 2.34. The van der Waals surface area contributed by atoms with Crippen LogP contribution in [-0.4, -0.2) is 12.7 Å². The standard InChI is InChI=1S/C7H14O/c1-2-3-4-5-7-6-8-7/h7H,2-6H2,1H3/t7-/m0/s1. The second-order valence-corrected chi connectivity index (χ2v) is 2.45. The van der Waals surface area contributed by atoms with Crippen molar-refractivity contribution in [3.8, 4) is 0 Å². The zero-order valence-corrected chi connectivity index (χ0v) is 5.52. The summed E-state index contributed by atoms with van der Waals surface area (Å²) in [6.07, 6.45) is 6.02. The normalized spacial score (nSPS) is 25.9. The van der Waals surface area contributed by atoms with E-state index in [2.05, 4.69) is 6.92 Å². The van der Waals surface area contributed by atoms with Crippen LogP contribution in [0.5, 0.6) is 0 Å². The van der Waals surface area contributed by atoms with Crippen molar-refractivity contribution in [2.75, 3.05) is 6.61 Å². The van der Waals surface area contributed by atoms with Crippen LogP contribution in [0.15, 0.2) is 0 Å². The monoisotopic (exact) mass is 114 g/mol. The lowest BCUT2D eigenvalue weighted by Crippen LogP contribution is -1.83. The van der Waals surface area contributed by atoms with Crippen molar-refractivity contribution in [2.45, 2.75) is 38.7 Å². The van der Waals surface area contributed by atoms with Crippen molar-refractivity contribution in [1.29, 1.82) is 0 Å². The predicted molar refractivity (Wildman–Crippen MR) is 33.9 cm³/mol. The molecule has 48 valence electrons. The molecule has 0 aromatic carbocycles. The molecule has 0 aromatic rings. The van der Waals surface area contributed by atoms with Gasteiger partial charge in [-0.25, -0.2) is 0 Å². The Labute approximate surface area is 51.0 Å². The first-order chi connectivity index (χ1) is 3.93. The van der Waals surface area contributed by atoms with Crippen LogP contribution >= 0.6 is 0 Å². The highest BCUT2D eigenvalue weighted by molar-refractivity contribution is 4.67. The Bertz CT molecular complexity index is 57.4. The van der Waals surface area contributed by atoms with Gasteiger partial charge >= 0.3 is 0 Å². The van der Waals surface area contributed by atoms with Crippen molar-refractivity contribution < 1.29 is 4.74 Å². The molecular formula is C7H14O. The summed E-state index contributed by atoms with van der Waals surface area (Å²) in [6.45, 7) is 3.26. The molecule has 0 bridgehead atoms. The summed E-state index contributed by atoms with van der Waals surface area (Å²) in [7, 11) is 0.